The van der Waals surface area contributed by atoms with Crippen LogP contribution in [-0.4, -0.2) is 21.3 Å². The maximum atomic E-state index is 12.2. The van der Waals surface area contributed by atoms with E-state index in [9.17, 15) is 4.79 Å². The van der Waals surface area contributed by atoms with Gasteiger partial charge in [-0.3, -0.25) is 4.79 Å². The van der Waals surface area contributed by atoms with Crippen molar-refractivity contribution in [3.63, 3.8) is 0 Å². The van der Waals surface area contributed by atoms with Crippen molar-refractivity contribution < 1.29 is 9.32 Å². The molecule has 24 heavy (non-hydrogen) atoms. The van der Waals surface area contributed by atoms with E-state index in [0.717, 1.165) is 5.56 Å². The Bertz CT molecular complexity index is 876. The Kier molecular flexibility index (Phi) is 4.43. The molecule has 0 radical (unpaired) electrons. The monoisotopic (exact) mass is 343 g/mol. The van der Waals surface area contributed by atoms with E-state index in [4.69, 9.17) is 16.1 Å². The number of carbonyl (C=O) groups is 1. The lowest BCUT2D eigenvalue weighted by molar-refractivity contribution is 0.102. The van der Waals surface area contributed by atoms with Crippen molar-refractivity contribution in [3.8, 4) is 0 Å². The number of benzene rings is 1. The SMILES string of the molecule is Cc1cc(Nc2ccc(C(=O)Nc3ccc(Cl)cc3C)nn2)no1. The zero-order valence-corrected chi connectivity index (χ0v) is 13.8. The average Bonchev–Trinajstić information content (AvgIpc) is 2.96. The third-order valence-electron chi connectivity index (χ3n) is 3.22. The van der Waals surface area contributed by atoms with Crippen LogP contribution in [0, 0.1) is 13.8 Å². The Hall–Kier alpha value is -2.93. The number of hydrogen-bond acceptors (Lipinski definition) is 6. The molecule has 7 nitrogen and oxygen atoms in total. The van der Waals surface area contributed by atoms with E-state index in [1.165, 1.54) is 0 Å². The predicted octanol–water partition coefficient (Wildman–Crippen LogP) is 3.73. The molecule has 0 saturated carbocycles. The number of nitrogens with one attached hydrogen (secondary N) is 2. The molecular weight excluding hydrogens is 330 g/mol. The van der Waals surface area contributed by atoms with Gasteiger partial charge in [-0.1, -0.05) is 16.8 Å². The van der Waals surface area contributed by atoms with Crippen molar-refractivity contribution >= 4 is 34.8 Å². The Morgan fingerprint density at radius 1 is 1.08 bits per heavy atom. The first kappa shape index (κ1) is 15.9. The number of carbonyl (C=O) groups excluding carboxylic acids is 1. The summed E-state index contributed by atoms with van der Waals surface area (Å²) in [5.74, 6) is 1.31. The molecule has 122 valence electrons. The zero-order valence-electron chi connectivity index (χ0n) is 13.0. The molecule has 0 unspecified atom stereocenters. The molecule has 8 heteroatoms. The van der Waals surface area contributed by atoms with Crippen LogP contribution >= 0.6 is 11.6 Å². The van der Waals surface area contributed by atoms with Crippen molar-refractivity contribution in [2.75, 3.05) is 10.6 Å². The lowest BCUT2D eigenvalue weighted by Crippen LogP contribution is -2.15. The van der Waals surface area contributed by atoms with E-state index >= 15 is 0 Å². The van der Waals surface area contributed by atoms with Gasteiger partial charge >= 0.3 is 0 Å². The van der Waals surface area contributed by atoms with Gasteiger partial charge in [-0.2, -0.15) is 0 Å². The van der Waals surface area contributed by atoms with Crippen molar-refractivity contribution in [2.24, 2.45) is 0 Å². The largest absolute Gasteiger partial charge is 0.360 e. The molecule has 0 fully saturated rings. The standard InChI is InChI=1S/C16H14ClN5O2/c1-9-7-11(17)3-4-12(9)18-16(23)13-5-6-14(21-20-13)19-15-8-10(2)24-22-15/h3-8H,1-2H3,(H,18,23)(H,19,21,22). The number of aromatic nitrogens is 3. The Morgan fingerprint density at radius 3 is 2.54 bits per heavy atom. The van der Waals surface area contributed by atoms with Crippen molar-refractivity contribution in [1.29, 1.82) is 0 Å². The summed E-state index contributed by atoms with van der Waals surface area (Å²) in [4.78, 5) is 12.2. The lowest BCUT2D eigenvalue weighted by atomic mass is 10.2. The summed E-state index contributed by atoms with van der Waals surface area (Å²) in [6.07, 6.45) is 0. The second-order valence-electron chi connectivity index (χ2n) is 5.16. The van der Waals surface area contributed by atoms with Crippen LogP contribution in [-0.2, 0) is 0 Å². The molecule has 0 aliphatic heterocycles. The highest BCUT2D eigenvalue weighted by molar-refractivity contribution is 6.30. The molecule has 3 rings (SSSR count). The smallest absolute Gasteiger partial charge is 0.276 e. The van der Waals surface area contributed by atoms with Gasteiger partial charge in [-0.15, -0.1) is 10.2 Å². The van der Waals surface area contributed by atoms with Gasteiger partial charge in [0.1, 0.15) is 5.76 Å². The van der Waals surface area contributed by atoms with E-state index in [1.54, 1.807) is 43.3 Å². The minimum absolute atomic E-state index is 0.200. The number of aryl methyl sites for hydroxylation is 2. The molecule has 0 aliphatic carbocycles. The van der Waals surface area contributed by atoms with E-state index in [-0.39, 0.29) is 11.6 Å². The summed E-state index contributed by atoms with van der Waals surface area (Å²) >= 11 is 5.90. The molecule has 0 atom stereocenters. The van der Waals surface area contributed by atoms with E-state index in [0.29, 0.717) is 28.1 Å². The second-order valence-corrected chi connectivity index (χ2v) is 5.60. The van der Waals surface area contributed by atoms with Gasteiger partial charge in [0, 0.05) is 16.8 Å². The second kappa shape index (κ2) is 6.67. The molecule has 0 bridgehead atoms. The van der Waals surface area contributed by atoms with Crippen LogP contribution < -0.4 is 10.6 Å². The molecule has 0 saturated heterocycles. The summed E-state index contributed by atoms with van der Waals surface area (Å²) in [7, 11) is 0. The molecule has 0 aliphatic rings. The van der Waals surface area contributed by atoms with Gasteiger partial charge in [-0.25, -0.2) is 0 Å². The van der Waals surface area contributed by atoms with Crippen LogP contribution in [0.4, 0.5) is 17.3 Å². The zero-order chi connectivity index (χ0) is 17.1. The molecule has 1 aromatic carbocycles. The minimum Gasteiger partial charge on any atom is -0.360 e. The summed E-state index contributed by atoms with van der Waals surface area (Å²) < 4.78 is 4.95. The molecule has 2 aromatic heterocycles. The van der Waals surface area contributed by atoms with Crippen LogP contribution in [0.2, 0.25) is 5.02 Å². The molecule has 2 N–H and O–H groups in total. The third-order valence-corrected chi connectivity index (χ3v) is 3.45. The number of nitrogens with zero attached hydrogens (tertiary/aromatic N) is 3. The van der Waals surface area contributed by atoms with Crippen molar-refractivity contribution in [1.82, 2.24) is 15.4 Å². The summed E-state index contributed by atoms with van der Waals surface area (Å²) in [6.45, 7) is 3.65. The highest BCUT2D eigenvalue weighted by Gasteiger charge is 2.11. The van der Waals surface area contributed by atoms with Crippen LogP contribution in [0.25, 0.3) is 0 Å². The maximum absolute atomic E-state index is 12.2. The first-order chi connectivity index (χ1) is 11.5. The fourth-order valence-electron chi connectivity index (χ4n) is 2.03. The number of hydrogen-bond donors (Lipinski definition) is 2. The molecule has 1 amide bonds. The summed E-state index contributed by atoms with van der Waals surface area (Å²) in [5.41, 5.74) is 1.74. The first-order valence-corrected chi connectivity index (χ1v) is 7.50. The van der Waals surface area contributed by atoms with Crippen LogP contribution in [0.5, 0.6) is 0 Å². The molecule has 0 spiro atoms. The van der Waals surface area contributed by atoms with Gasteiger partial charge in [0.05, 0.1) is 0 Å². The number of rotatable bonds is 4. The predicted molar refractivity (Wildman–Crippen MR) is 90.7 cm³/mol. The van der Waals surface area contributed by atoms with Crippen LogP contribution in [0.15, 0.2) is 40.9 Å². The summed E-state index contributed by atoms with van der Waals surface area (Å²) in [6, 6.07) is 10.2. The number of anilines is 3. The fraction of sp³-hybridized carbons (Fsp3) is 0.125. The molecule has 3 aromatic rings. The minimum atomic E-state index is -0.350. The van der Waals surface area contributed by atoms with Gasteiger partial charge in [0.15, 0.2) is 17.3 Å². The average molecular weight is 344 g/mol. The quantitative estimate of drug-likeness (QED) is 0.749. The van der Waals surface area contributed by atoms with Crippen LogP contribution in [0.1, 0.15) is 21.8 Å². The van der Waals surface area contributed by atoms with Crippen molar-refractivity contribution in [2.45, 2.75) is 13.8 Å². The Balaban J connectivity index is 1.69. The number of halogens is 1. The Labute approximate surface area is 143 Å². The first-order valence-electron chi connectivity index (χ1n) is 7.13. The highest BCUT2D eigenvalue weighted by atomic mass is 35.5. The van der Waals surface area contributed by atoms with E-state index < -0.39 is 0 Å². The van der Waals surface area contributed by atoms with E-state index in [2.05, 4.69) is 26.0 Å². The topological polar surface area (TPSA) is 92.9 Å². The van der Waals surface area contributed by atoms with Crippen LogP contribution in [0.3, 0.4) is 0 Å². The number of amides is 1. The highest BCUT2D eigenvalue weighted by Crippen LogP contribution is 2.20. The third kappa shape index (κ3) is 3.69. The van der Waals surface area contributed by atoms with Gasteiger partial charge < -0.3 is 15.2 Å². The van der Waals surface area contributed by atoms with Gasteiger partial charge in [0.2, 0.25) is 0 Å². The molecule has 2 heterocycles. The van der Waals surface area contributed by atoms with Crippen molar-refractivity contribution in [3.05, 3.63) is 58.4 Å². The fourth-order valence-corrected chi connectivity index (χ4v) is 2.26. The van der Waals surface area contributed by atoms with Gasteiger partial charge in [0.25, 0.3) is 5.91 Å². The van der Waals surface area contributed by atoms with Gasteiger partial charge in [-0.05, 0) is 49.7 Å². The Morgan fingerprint density at radius 2 is 1.92 bits per heavy atom. The molecular formula is C16H14ClN5O2. The maximum Gasteiger partial charge on any atom is 0.276 e. The lowest BCUT2D eigenvalue weighted by Gasteiger charge is -2.08. The van der Waals surface area contributed by atoms with E-state index in [1.807, 2.05) is 6.92 Å². The summed E-state index contributed by atoms with van der Waals surface area (Å²) in [5, 5.41) is 18.0. The normalized spacial score (nSPS) is 10.5.